The molecular formula is C23H38IN7O2. The Hall–Kier alpha value is -1.92. The van der Waals surface area contributed by atoms with Crippen molar-refractivity contribution in [1.82, 2.24) is 30.3 Å². The molecule has 3 rings (SSSR count). The van der Waals surface area contributed by atoms with Crippen molar-refractivity contribution in [2.24, 2.45) is 4.99 Å². The van der Waals surface area contributed by atoms with Crippen molar-refractivity contribution in [3.63, 3.8) is 0 Å². The molecule has 0 amide bonds. The summed E-state index contributed by atoms with van der Waals surface area (Å²) >= 11 is 0. The number of rotatable bonds is 11. The second kappa shape index (κ2) is 15.1. The molecule has 1 fully saturated rings. The van der Waals surface area contributed by atoms with Crippen LogP contribution in [0.25, 0.3) is 0 Å². The van der Waals surface area contributed by atoms with E-state index in [1.54, 1.807) is 13.4 Å². The minimum atomic E-state index is 0. The molecule has 10 heteroatoms. The topological polar surface area (TPSA) is 88.8 Å². The number of aromatic nitrogens is 3. The maximum atomic E-state index is 6.01. The van der Waals surface area contributed by atoms with E-state index in [-0.39, 0.29) is 24.0 Å². The van der Waals surface area contributed by atoms with Gasteiger partial charge in [-0.05, 0) is 37.6 Å². The molecule has 2 aromatic rings. The van der Waals surface area contributed by atoms with E-state index < -0.39 is 0 Å². The summed E-state index contributed by atoms with van der Waals surface area (Å²) in [6.07, 6.45) is 4.85. The number of aliphatic imine (C=N–C) groups is 1. The highest BCUT2D eigenvalue weighted by atomic mass is 127. The van der Waals surface area contributed by atoms with E-state index in [1.807, 2.05) is 12.1 Å². The first-order chi connectivity index (χ1) is 15.7. The molecule has 33 heavy (non-hydrogen) atoms. The molecule has 1 aromatic heterocycles. The molecule has 1 saturated heterocycles. The van der Waals surface area contributed by atoms with E-state index >= 15 is 0 Å². The molecule has 2 N–H and O–H groups in total. The lowest BCUT2D eigenvalue weighted by Crippen LogP contribution is -2.38. The van der Waals surface area contributed by atoms with E-state index in [1.165, 1.54) is 0 Å². The number of likely N-dealkylation sites (N-methyl/N-ethyl adjacent to an activating group) is 1. The van der Waals surface area contributed by atoms with Gasteiger partial charge in [0.05, 0.1) is 0 Å². The third-order valence-electron chi connectivity index (χ3n) is 5.77. The maximum absolute atomic E-state index is 6.01. The van der Waals surface area contributed by atoms with Crippen LogP contribution in [0, 0.1) is 0 Å². The molecule has 1 aromatic carbocycles. The van der Waals surface area contributed by atoms with Gasteiger partial charge < -0.3 is 24.7 Å². The van der Waals surface area contributed by atoms with Crippen molar-refractivity contribution < 1.29 is 9.47 Å². The average molecular weight is 572 g/mol. The predicted octanol–water partition coefficient (Wildman–Crippen LogP) is 2.31. The molecule has 184 valence electrons. The fourth-order valence-electron chi connectivity index (χ4n) is 3.80. The Bertz CT molecular complexity index is 840. The molecule has 0 unspecified atom stereocenters. The molecule has 1 aliphatic rings. The molecule has 0 aliphatic carbocycles. The van der Waals surface area contributed by atoms with Crippen LogP contribution in [0.4, 0.5) is 0 Å². The van der Waals surface area contributed by atoms with E-state index in [0.717, 1.165) is 75.2 Å². The lowest BCUT2D eigenvalue weighted by molar-refractivity contribution is 0.0392. The van der Waals surface area contributed by atoms with Gasteiger partial charge in [0.15, 0.2) is 5.96 Å². The highest BCUT2D eigenvalue weighted by molar-refractivity contribution is 14.0. The fraction of sp³-hybridized carbons (Fsp3) is 0.609. The van der Waals surface area contributed by atoms with Crippen molar-refractivity contribution in [2.45, 2.75) is 45.3 Å². The Morgan fingerprint density at radius 1 is 1.30 bits per heavy atom. The van der Waals surface area contributed by atoms with Crippen LogP contribution in [-0.4, -0.2) is 78.7 Å². The smallest absolute Gasteiger partial charge is 0.191 e. The summed E-state index contributed by atoms with van der Waals surface area (Å²) in [6.45, 7) is 7.61. The molecule has 0 spiro atoms. The van der Waals surface area contributed by atoms with Crippen LogP contribution in [-0.2, 0) is 24.2 Å². The summed E-state index contributed by atoms with van der Waals surface area (Å²) in [6, 6.07) is 8.81. The van der Waals surface area contributed by atoms with Gasteiger partial charge in [0.1, 0.15) is 24.5 Å². The Balaban J connectivity index is 0.00000385. The van der Waals surface area contributed by atoms with Gasteiger partial charge in [-0.15, -0.1) is 34.2 Å². The van der Waals surface area contributed by atoms with Gasteiger partial charge in [0.25, 0.3) is 0 Å². The van der Waals surface area contributed by atoms with Crippen molar-refractivity contribution >= 4 is 29.9 Å². The van der Waals surface area contributed by atoms with Crippen molar-refractivity contribution in [3.8, 4) is 5.75 Å². The number of aryl methyl sites for hydroxylation is 1. The van der Waals surface area contributed by atoms with Gasteiger partial charge >= 0.3 is 0 Å². The normalized spacial score (nSPS) is 14.7. The number of nitrogens with one attached hydrogen (secondary N) is 2. The summed E-state index contributed by atoms with van der Waals surface area (Å²) in [7, 11) is 3.95. The molecule has 0 bridgehead atoms. The quantitative estimate of drug-likeness (QED) is 0.243. The van der Waals surface area contributed by atoms with E-state index in [2.05, 4.69) is 61.4 Å². The summed E-state index contributed by atoms with van der Waals surface area (Å²) in [5.41, 5.74) is 1.15. The van der Waals surface area contributed by atoms with Crippen LogP contribution in [0.1, 0.15) is 31.2 Å². The second-order valence-corrected chi connectivity index (χ2v) is 7.97. The summed E-state index contributed by atoms with van der Waals surface area (Å²) in [4.78, 5) is 6.69. The number of ether oxygens (including phenoxy) is 2. The largest absolute Gasteiger partial charge is 0.492 e. The summed E-state index contributed by atoms with van der Waals surface area (Å²) in [5.74, 6) is 2.65. The van der Waals surface area contributed by atoms with Crippen LogP contribution in [0.15, 0.2) is 35.6 Å². The van der Waals surface area contributed by atoms with Gasteiger partial charge in [0.2, 0.25) is 0 Å². The Morgan fingerprint density at radius 3 is 2.88 bits per heavy atom. The first-order valence-corrected chi connectivity index (χ1v) is 11.5. The molecule has 0 atom stereocenters. The van der Waals surface area contributed by atoms with Crippen LogP contribution in [0.2, 0.25) is 0 Å². The SMILES string of the molecule is CCc1nncn1CCNC(=NC)NCc1cccc(OCCN(C)C2CCOCC2)c1.I. The van der Waals surface area contributed by atoms with Crippen LogP contribution >= 0.6 is 24.0 Å². The van der Waals surface area contributed by atoms with E-state index in [9.17, 15) is 0 Å². The van der Waals surface area contributed by atoms with Crippen molar-refractivity contribution in [3.05, 3.63) is 42.0 Å². The van der Waals surface area contributed by atoms with Crippen LogP contribution in [0.3, 0.4) is 0 Å². The van der Waals surface area contributed by atoms with Gasteiger partial charge in [-0.2, -0.15) is 0 Å². The highest BCUT2D eigenvalue weighted by Crippen LogP contribution is 2.15. The molecule has 9 nitrogen and oxygen atoms in total. The number of halogens is 1. The lowest BCUT2D eigenvalue weighted by atomic mass is 10.1. The molecular weight excluding hydrogens is 533 g/mol. The van der Waals surface area contributed by atoms with Gasteiger partial charge in [-0.3, -0.25) is 9.89 Å². The van der Waals surface area contributed by atoms with Gasteiger partial charge in [0, 0.05) is 58.9 Å². The molecule has 2 heterocycles. The van der Waals surface area contributed by atoms with Crippen LogP contribution < -0.4 is 15.4 Å². The van der Waals surface area contributed by atoms with E-state index in [0.29, 0.717) is 19.2 Å². The number of guanidine groups is 1. The maximum Gasteiger partial charge on any atom is 0.191 e. The van der Waals surface area contributed by atoms with Crippen molar-refractivity contribution in [1.29, 1.82) is 0 Å². The highest BCUT2D eigenvalue weighted by Gasteiger charge is 2.18. The van der Waals surface area contributed by atoms with Gasteiger partial charge in [-0.1, -0.05) is 19.1 Å². The minimum absolute atomic E-state index is 0. The number of hydrogen-bond acceptors (Lipinski definition) is 6. The molecule has 0 saturated carbocycles. The number of benzene rings is 1. The number of hydrogen-bond donors (Lipinski definition) is 2. The predicted molar refractivity (Wildman–Crippen MR) is 141 cm³/mol. The lowest BCUT2D eigenvalue weighted by Gasteiger charge is -2.31. The number of nitrogens with zero attached hydrogens (tertiary/aromatic N) is 5. The Morgan fingerprint density at radius 2 is 2.12 bits per heavy atom. The summed E-state index contributed by atoms with van der Waals surface area (Å²) < 4.78 is 13.5. The average Bonchev–Trinajstić information content (AvgIpc) is 3.29. The van der Waals surface area contributed by atoms with E-state index in [4.69, 9.17) is 9.47 Å². The molecule has 1 aliphatic heterocycles. The second-order valence-electron chi connectivity index (χ2n) is 7.97. The van der Waals surface area contributed by atoms with Crippen molar-refractivity contribution in [2.75, 3.05) is 47.0 Å². The standard InChI is InChI=1S/C23H37N7O2.HI/c1-4-22-28-27-18-30(22)11-10-25-23(24-2)26-17-19-6-5-7-21(16-19)32-15-12-29(3)20-8-13-31-14-9-20;/h5-7,16,18,20H,4,8-15,17H2,1-3H3,(H2,24,25,26);1H. The first-order valence-electron chi connectivity index (χ1n) is 11.5. The monoisotopic (exact) mass is 571 g/mol. The third-order valence-corrected chi connectivity index (χ3v) is 5.77. The Labute approximate surface area is 214 Å². The zero-order chi connectivity index (χ0) is 22.6. The van der Waals surface area contributed by atoms with Gasteiger partial charge in [-0.25, -0.2) is 0 Å². The molecule has 0 radical (unpaired) electrons. The summed E-state index contributed by atoms with van der Waals surface area (Å²) in [5, 5.41) is 14.8. The fourth-order valence-corrected chi connectivity index (χ4v) is 3.80. The zero-order valence-corrected chi connectivity index (χ0v) is 22.3. The first kappa shape index (κ1) is 27.3. The van der Waals surface area contributed by atoms with Crippen LogP contribution in [0.5, 0.6) is 5.75 Å². The minimum Gasteiger partial charge on any atom is -0.492 e. The zero-order valence-electron chi connectivity index (χ0n) is 20.0. The Kier molecular flexibility index (Phi) is 12.5. The third kappa shape index (κ3) is 9.09.